The van der Waals surface area contributed by atoms with Crippen LogP contribution < -0.4 is 0 Å². The van der Waals surface area contributed by atoms with Crippen LogP contribution in [-0.4, -0.2) is 29.9 Å². The van der Waals surface area contributed by atoms with Gasteiger partial charge in [0, 0.05) is 0 Å². The molecule has 0 amide bonds. The molecule has 1 aromatic rings. The van der Waals surface area contributed by atoms with Crippen molar-refractivity contribution >= 4 is 5.97 Å². The number of carbonyl (C=O) groups is 1. The number of hydrogen-bond donors (Lipinski definition) is 1. The largest absolute Gasteiger partial charge is 0.459 e. The molecule has 1 N–H and O–H groups in total. The summed E-state index contributed by atoms with van der Waals surface area (Å²) in [5.41, 5.74) is 0.201. The second-order valence-electron chi connectivity index (χ2n) is 7.12. The van der Waals surface area contributed by atoms with Gasteiger partial charge < -0.3 is 14.6 Å². The van der Waals surface area contributed by atoms with Gasteiger partial charge in [0.1, 0.15) is 13.2 Å². The first kappa shape index (κ1) is 18.7. The smallest absolute Gasteiger partial charge is 0.332 e. The summed E-state index contributed by atoms with van der Waals surface area (Å²) in [6, 6.07) is 9.56. The van der Waals surface area contributed by atoms with E-state index in [1.54, 1.807) is 13.8 Å². The van der Waals surface area contributed by atoms with Crippen molar-refractivity contribution in [1.82, 2.24) is 0 Å². The molecule has 0 radical (unpaired) electrons. The summed E-state index contributed by atoms with van der Waals surface area (Å²) < 4.78 is 10.6. The van der Waals surface area contributed by atoms with E-state index in [1.807, 2.05) is 30.3 Å². The predicted octanol–water partition coefficient (Wildman–Crippen LogP) is 3.32. The molecular weight excluding hydrogens is 280 g/mol. The van der Waals surface area contributed by atoms with Gasteiger partial charge in [0.05, 0.1) is 12.2 Å². The molecule has 0 aromatic heterocycles. The van der Waals surface area contributed by atoms with Crippen molar-refractivity contribution in [2.24, 2.45) is 5.41 Å². The minimum absolute atomic E-state index is 0.0429. The number of benzene rings is 1. The van der Waals surface area contributed by atoms with Crippen LogP contribution >= 0.6 is 0 Å². The zero-order valence-corrected chi connectivity index (χ0v) is 14.1. The average Bonchev–Trinajstić information content (AvgIpc) is 2.43. The number of ether oxygens (including phenoxy) is 2. The highest BCUT2D eigenvalue weighted by molar-refractivity contribution is 5.70. The van der Waals surface area contributed by atoms with Crippen LogP contribution in [-0.2, 0) is 20.9 Å². The van der Waals surface area contributed by atoms with Crippen molar-refractivity contribution in [2.45, 2.75) is 52.7 Å². The second kappa shape index (κ2) is 8.30. The molecule has 1 rings (SSSR count). The first-order valence-electron chi connectivity index (χ1n) is 7.68. The third kappa shape index (κ3) is 8.80. The molecular formula is C18H28O4. The van der Waals surface area contributed by atoms with Crippen molar-refractivity contribution in [3.63, 3.8) is 0 Å². The Hall–Kier alpha value is -1.39. The van der Waals surface area contributed by atoms with E-state index in [0.29, 0.717) is 13.0 Å². The second-order valence-corrected chi connectivity index (χ2v) is 7.12. The Kier molecular flexibility index (Phi) is 7.04. The number of esters is 1. The highest BCUT2D eigenvalue weighted by Gasteiger charge is 2.23. The molecule has 4 heteroatoms. The van der Waals surface area contributed by atoms with E-state index in [0.717, 1.165) is 12.0 Å². The quantitative estimate of drug-likeness (QED) is 0.711. The van der Waals surface area contributed by atoms with E-state index in [9.17, 15) is 9.90 Å². The number of aliphatic hydroxyl groups is 1. The van der Waals surface area contributed by atoms with Crippen LogP contribution in [0.15, 0.2) is 30.3 Å². The van der Waals surface area contributed by atoms with Gasteiger partial charge in [-0.3, -0.25) is 0 Å². The van der Waals surface area contributed by atoms with Gasteiger partial charge in [0.15, 0.2) is 0 Å². The molecule has 0 aliphatic rings. The van der Waals surface area contributed by atoms with Crippen LogP contribution in [0.25, 0.3) is 0 Å². The van der Waals surface area contributed by atoms with Crippen molar-refractivity contribution in [2.75, 3.05) is 13.2 Å². The van der Waals surface area contributed by atoms with Gasteiger partial charge in [0.25, 0.3) is 0 Å². The molecule has 0 heterocycles. The van der Waals surface area contributed by atoms with E-state index in [4.69, 9.17) is 9.47 Å². The average molecular weight is 308 g/mol. The zero-order valence-electron chi connectivity index (χ0n) is 14.1. The topological polar surface area (TPSA) is 55.8 Å². The molecule has 1 aromatic carbocycles. The number of rotatable bonds is 9. The van der Waals surface area contributed by atoms with Gasteiger partial charge >= 0.3 is 5.97 Å². The minimum Gasteiger partial charge on any atom is -0.459 e. The summed E-state index contributed by atoms with van der Waals surface area (Å²) in [6.07, 6.45) is 1.53. The Labute approximate surface area is 133 Å². The van der Waals surface area contributed by atoms with Gasteiger partial charge in [-0.05, 0) is 37.7 Å². The molecule has 124 valence electrons. The number of carbonyl (C=O) groups excluding carboxylic acids is 1. The maximum absolute atomic E-state index is 11.6. The van der Waals surface area contributed by atoms with E-state index in [-0.39, 0.29) is 24.6 Å². The Morgan fingerprint density at radius 3 is 2.32 bits per heavy atom. The fourth-order valence-corrected chi connectivity index (χ4v) is 1.91. The molecule has 0 unspecified atom stereocenters. The first-order chi connectivity index (χ1) is 10.2. The van der Waals surface area contributed by atoms with Crippen molar-refractivity contribution in [3.05, 3.63) is 35.9 Å². The highest BCUT2D eigenvalue weighted by Crippen LogP contribution is 2.26. The molecule has 22 heavy (non-hydrogen) atoms. The van der Waals surface area contributed by atoms with Crippen LogP contribution in [0.2, 0.25) is 0 Å². The molecule has 0 saturated carbocycles. The van der Waals surface area contributed by atoms with Crippen LogP contribution in [0, 0.1) is 5.41 Å². The summed E-state index contributed by atoms with van der Waals surface area (Å²) in [4.78, 5) is 11.6. The Morgan fingerprint density at radius 1 is 1.09 bits per heavy atom. The lowest BCUT2D eigenvalue weighted by molar-refractivity contribution is -0.151. The molecule has 0 fully saturated rings. The molecule has 0 bridgehead atoms. The van der Waals surface area contributed by atoms with Crippen LogP contribution in [0.3, 0.4) is 0 Å². The summed E-state index contributed by atoms with van der Waals surface area (Å²) in [5, 5.41) is 9.76. The van der Waals surface area contributed by atoms with Crippen molar-refractivity contribution in [1.29, 1.82) is 0 Å². The maximum Gasteiger partial charge on any atom is 0.332 e. The highest BCUT2D eigenvalue weighted by atomic mass is 16.6. The third-order valence-electron chi connectivity index (χ3n) is 3.37. The van der Waals surface area contributed by atoms with E-state index >= 15 is 0 Å². The summed E-state index contributed by atoms with van der Waals surface area (Å²) in [6.45, 7) is 8.41. The van der Waals surface area contributed by atoms with E-state index < -0.39 is 5.60 Å². The van der Waals surface area contributed by atoms with Gasteiger partial charge in [-0.1, -0.05) is 44.2 Å². The first-order valence-corrected chi connectivity index (χ1v) is 7.68. The standard InChI is InChI=1S/C18H28O4/c1-17(2,10-11-18(3,4)20)14-21-13-16(19)22-12-15-8-6-5-7-9-15/h5-9,20H,10-14H2,1-4H3. The Morgan fingerprint density at radius 2 is 1.73 bits per heavy atom. The minimum atomic E-state index is -0.675. The lowest BCUT2D eigenvalue weighted by Gasteiger charge is -2.27. The van der Waals surface area contributed by atoms with Crippen LogP contribution in [0.1, 0.15) is 46.1 Å². The lowest BCUT2D eigenvalue weighted by atomic mass is 9.85. The zero-order chi connectivity index (χ0) is 16.6. The van der Waals surface area contributed by atoms with Gasteiger partial charge in [-0.25, -0.2) is 4.79 Å². The number of hydrogen-bond acceptors (Lipinski definition) is 4. The van der Waals surface area contributed by atoms with Crippen molar-refractivity contribution < 1.29 is 19.4 Å². The monoisotopic (exact) mass is 308 g/mol. The van der Waals surface area contributed by atoms with Gasteiger partial charge in [-0.15, -0.1) is 0 Å². The summed E-state index contributed by atoms with van der Waals surface area (Å²) in [5.74, 6) is -0.359. The fraction of sp³-hybridized carbons (Fsp3) is 0.611. The Bertz CT molecular complexity index is 446. The molecule has 0 spiro atoms. The normalized spacial score (nSPS) is 12.2. The van der Waals surface area contributed by atoms with Crippen LogP contribution in [0.5, 0.6) is 0 Å². The van der Waals surface area contributed by atoms with Crippen LogP contribution in [0.4, 0.5) is 0 Å². The van der Waals surface area contributed by atoms with Crippen molar-refractivity contribution in [3.8, 4) is 0 Å². The third-order valence-corrected chi connectivity index (χ3v) is 3.37. The molecule has 4 nitrogen and oxygen atoms in total. The summed E-state index contributed by atoms with van der Waals surface area (Å²) in [7, 11) is 0. The Balaban J connectivity index is 2.21. The van der Waals surface area contributed by atoms with E-state index in [2.05, 4.69) is 13.8 Å². The molecule has 0 atom stereocenters. The van der Waals surface area contributed by atoms with Gasteiger partial charge in [0.2, 0.25) is 0 Å². The molecule has 0 aliphatic heterocycles. The predicted molar refractivity (Wildman–Crippen MR) is 86.4 cm³/mol. The summed E-state index contributed by atoms with van der Waals surface area (Å²) >= 11 is 0. The molecule has 0 aliphatic carbocycles. The SMILES string of the molecule is CC(C)(O)CCC(C)(C)COCC(=O)OCc1ccccc1. The maximum atomic E-state index is 11.6. The fourth-order valence-electron chi connectivity index (χ4n) is 1.91. The lowest BCUT2D eigenvalue weighted by Crippen LogP contribution is -2.27. The molecule has 0 saturated heterocycles. The van der Waals surface area contributed by atoms with Gasteiger partial charge in [-0.2, -0.15) is 0 Å². The van der Waals surface area contributed by atoms with E-state index in [1.165, 1.54) is 0 Å².